The van der Waals surface area contributed by atoms with Crippen molar-refractivity contribution in [1.29, 1.82) is 0 Å². The fourth-order valence-electron chi connectivity index (χ4n) is 2.39. The van der Waals surface area contributed by atoms with E-state index in [1.165, 1.54) is 6.39 Å². The second-order valence-corrected chi connectivity index (χ2v) is 5.55. The Hall–Kier alpha value is -2.92. The van der Waals surface area contributed by atoms with E-state index in [2.05, 4.69) is 15.2 Å². The quantitative estimate of drug-likeness (QED) is 0.512. The van der Waals surface area contributed by atoms with Gasteiger partial charge < -0.3 is 9.15 Å². The molecule has 2 aromatic carbocycles. The zero-order chi connectivity index (χ0) is 16.4. The summed E-state index contributed by atoms with van der Waals surface area (Å²) >= 11 is 6.24. The predicted octanol–water partition coefficient (Wildman–Crippen LogP) is 4.52. The van der Waals surface area contributed by atoms with Gasteiger partial charge in [-0.05, 0) is 36.4 Å². The van der Waals surface area contributed by atoms with Gasteiger partial charge in [0.05, 0.1) is 5.52 Å². The van der Waals surface area contributed by atoms with Gasteiger partial charge in [-0.3, -0.25) is 0 Å². The van der Waals surface area contributed by atoms with Crippen molar-refractivity contribution >= 4 is 22.5 Å². The number of nitrogens with zero attached hydrogens (tertiary/aromatic N) is 3. The van der Waals surface area contributed by atoms with Crippen LogP contribution in [0.15, 0.2) is 65.4 Å². The van der Waals surface area contributed by atoms with E-state index in [1.54, 1.807) is 0 Å². The SMILES string of the molecule is Clc1nc2ccccc2cc1COc1ccc(-c2nnco2)cc1. The molecular weight excluding hydrogens is 326 g/mol. The molecule has 4 aromatic rings. The van der Waals surface area contributed by atoms with Gasteiger partial charge in [-0.1, -0.05) is 29.8 Å². The summed E-state index contributed by atoms with van der Waals surface area (Å²) in [5.74, 6) is 1.20. The van der Waals surface area contributed by atoms with E-state index in [0.717, 1.165) is 27.8 Å². The van der Waals surface area contributed by atoms with Crippen molar-refractivity contribution in [2.75, 3.05) is 0 Å². The first-order valence-corrected chi connectivity index (χ1v) is 7.71. The zero-order valence-corrected chi connectivity index (χ0v) is 13.3. The molecule has 0 spiro atoms. The van der Waals surface area contributed by atoms with Gasteiger partial charge in [0.25, 0.3) is 0 Å². The molecule has 0 fully saturated rings. The molecule has 2 heterocycles. The van der Waals surface area contributed by atoms with Crippen molar-refractivity contribution in [3.05, 3.63) is 71.7 Å². The van der Waals surface area contributed by atoms with Crippen LogP contribution < -0.4 is 4.74 Å². The van der Waals surface area contributed by atoms with Gasteiger partial charge in [0, 0.05) is 16.5 Å². The molecule has 0 aliphatic carbocycles. The minimum atomic E-state index is 0.344. The van der Waals surface area contributed by atoms with Crippen LogP contribution in [0.25, 0.3) is 22.4 Å². The van der Waals surface area contributed by atoms with E-state index in [-0.39, 0.29) is 0 Å². The van der Waals surface area contributed by atoms with Crippen LogP contribution in [0.2, 0.25) is 5.15 Å². The molecule has 24 heavy (non-hydrogen) atoms. The molecule has 4 rings (SSSR count). The van der Waals surface area contributed by atoms with Crippen LogP contribution in [0.4, 0.5) is 0 Å². The van der Waals surface area contributed by atoms with E-state index in [0.29, 0.717) is 17.7 Å². The summed E-state index contributed by atoms with van der Waals surface area (Å²) < 4.78 is 11.0. The fourth-order valence-corrected chi connectivity index (χ4v) is 2.59. The Morgan fingerprint density at radius 3 is 2.67 bits per heavy atom. The van der Waals surface area contributed by atoms with E-state index < -0.39 is 0 Å². The average Bonchev–Trinajstić information content (AvgIpc) is 3.15. The van der Waals surface area contributed by atoms with E-state index >= 15 is 0 Å². The first-order chi connectivity index (χ1) is 11.8. The molecule has 0 bridgehead atoms. The first kappa shape index (κ1) is 14.7. The van der Waals surface area contributed by atoms with Gasteiger partial charge in [0.1, 0.15) is 17.5 Å². The number of fused-ring (bicyclic) bond motifs is 1. The number of hydrogen-bond acceptors (Lipinski definition) is 5. The average molecular weight is 338 g/mol. The maximum atomic E-state index is 6.24. The summed E-state index contributed by atoms with van der Waals surface area (Å²) in [5.41, 5.74) is 2.55. The lowest BCUT2D eigenvalue weighted by atomic mass is 10.1. The monoisotopic (exact) mass is 337 g/mol. The molecule has 0 radical (unpaired) electrons. The molecule has 0 aliphatic rings. The van der Waals surface area contributed by atoms with E-state index in [1.807, 2.05) is 54.6 Å². The smallest absolute Gasteiger partial charge is 0.247 e. The Labute approximate surface area is 142 Å². The molecule has 118 valence electrons. The molecule has 2 aromatic heterocycles. The van der Waals surface area contributed by atoms with Crippen LogP contribution in [0.5, 0.6) is 5.75 Å². The third-order valence-corrected chi connectivity index (χ3v) is 3.93. The van der Waals surface area contributed by atoms with Crippen LogP contribution in [-0.4, -0.2) is 15.2 Å². The lowest BCUT2D eigenvalue weighted by molar-refractivity contribution is 0.306. The standard InChI is InChI=1S/C18H12ClN3O2/c19-17-14(9-13-3-1-2-4-16(13)21-17)10-23-15-7-5-12(6-8-15)18-22-20-11-24-18/h1-9,11H,10H2. The van der Waals surface area contributed by atoms with Crippen LogP contribution in [0.3, 0.4) is 0 Å². The highest BCUT2D eigenvalue weighted by Gasteiger charge is 2.07. The van der Waals surface area contributed by atoms with Crippen LogP contribution in [0, 0.1) is 0 Å². The highest BCUT2D eigenvalue weighted by Crippen LogP contribution is 2.24. The molecule has 0 N–H and O–H groups in total. The van der Waals surface area contributed by atoms with Gasteiger partial charge in [-0.2, -0.15) is 0 Å². The van der Waals surface area contributed by atoms with Crippen molar-refractivity contribution in [2.45, 2.75) is 6.61 Å². The maximum Gasteiger partial charge on any atom is 0.247 e. The molecule has 0 aliphatic heterocycles. The number of halogens is 1. The summed E-state index contributed by atoms with van der Waals surface area (Å²) in [6, 6.07) is 17.3. The third kappa shape index (κ3) is 2.94. The third-order valence-electron chi connectivity index (χ3n) is 3.61. The maximum absolute atomic E-state index is 6.24. The van der Waals surface area contributed by atoms with E-state index in [4.69, 9.17) is 20.8 Å². The molecule has 0 saturated heterocycles. The lowest BCUT2D eigenvalue weighted by Crippen LogP contribution is -1.98. The van der Waals surface area contributed by atoms with Crippen molar-refractivity contribution in [1.82, 2.24) is 15.2 Å². The molecule has 0 amide bonds. The first-order valence-electron chi connectivity index (χ1n) is 7.33. The Morgan fingerprint density at radius 2 is 1.88 bits per heavy atom. The lowest BCUT2D eigenvalue weighted by Gasteiger charge is -2.09. The summed E-state index contributed by atoms with van der Waals surface area (Å²) in [5, 5.41) is 9.02. The van der Waals surface area contributed by atoms with Gasteiger partial charge in [-0.25, -0.2) is 4.98 Å². The van der Waals surface area contributed by atoms with Crippen LogP contribution in [-0.2, 0) is 6.61 Å². The Kier molecular flexibility index (Phi) is 3.84. The Bertz CT molecular complexity index is 969. The van der Waals surface area contributed by atoms with Crippen molar-refractivity contribution in [2.24, 2.45) is 0 Å². The van der Waals surface area contributed by atoms with Gasteiger partial charge in [0.15, 0.2) is 0 Å². The zero-order valence-electron chi connectivity index (χ0n) is 12.5. The normalized spacial score (nSPS) is 10.9. The second kappa shape index (κ2) is 6.29. The number of aromatic nitrogens is 3. The summed E-state index contributed by atoms with van der Waals surface area (Å²) in [6.45, 7) is 0.344. The van der Waals surface area contributed by atoms with E-state index in [9.17, 15) is 0 Å². The molecule has 0 atom stereocenters. The van der Waals surface area contributed by atoms with Gasteiger partial charge >= 0.3 is 0 Å². The fraction of sp³-hybridized carbons (Fsp3) is 0.0556. The van der Waals surface area contributed by atoms with Gasteiger partial charge in [-0.15, -0.1) is 10.2 Å². The number of benzene rings is 2. The van der Waals surface area contributed by atoms with Gasteiger partial charge in [0.2, 0.25) is 12.3 Å². The minimum Gasteiger partial charge on any atom is -0.489 e. The summed E-state index contributed by atoms with van der Waals surface area (Å²) in [4.78, 5) is 4.39. The molecule has 6 heteroatoms. The Morgan fingerprint density at radius 1 is 1.04 bits per heavy atom. The van der Waals surface area contributed by atoms with Crippen molar-refractivity contribution < 1.29 is 9.15 Å². The van der Waals surface area contributed by atoms with Crippen molar-refractivity contribution in [3.63, 3.8) is 0 Å². The topological polar surface area (TPSA) is 61.0 Å². The summed E-state index contributed by atoms with van der Waals surface area (Å²) in [6.07, 6.45) is 1.30. The number of ether oxygens (including phenoxy) is 1. The molecule has 5 nitrogen and oxygen atoms in total. The highest BCUT2D eigenvalue weighted by molar-refractivity contribution is 6.30. The molecule has 0 saturated carbocycles. The number of para-hydroxylation sites is 1. The number of pyridine rings is 1. The highest BCUT2D eigenvalue weighted by atomic mass is 35.5. The predicted molar refractivity (Wildman–Crippen MR) is 90.8 cm³/mol. The van der Waals surface area contributed by atoms with Crippen LogP contribution >= 0.6 is 11.6 Å². The minimum absolute atomic E-state index is 0.344. The largest absolute Gasteiger partial charge is 0.489 e. The summed E-state index contributed by atoms with van der Waals surface area (Å²) in [7, 11) is 0. The van der Waals surface area contributed by atoms with Crippen molar-refractivity contribution in [3.8, 4) is 17.2 Å². The molecular formula is C18H12ClN3O2. The number of rotatable bonds is 4. The van der Waals surface area contributed by atoms with Crippen LogP contribution in [0.1, 0.15) is 5.56 Å². The second-order valence-electron chi connectivity index (χ2n) is 5.19. The molecule has 0 unspecified atom stereocenters. The Balaban J connectivity index is 1.51. The number of hydrogen-bond donors (Lipinski definition) is 0.